The number of carbonyl (C=O) groups excluding carboxylic acids is 1. The van der Waals surface area contributed by atoms with Gasteiger partial charge in [0.05, 0.1) is 0 Å². The summed E-state index contributed by atoms with van der Waals surface area (Å²) in [7, 11) is 0. The Labute approximate surface area is 131 Å². The molecular weight excluding hydrogens is 282 g/mol. The molecule has 0 bridgehead atoms. The molecular formula is C16H25N3O3. The molecule has 6 nitrogen and oxygen atoms in total. The summed E-state index contributed by atoms with van der Waals surface area (Å²) in [6.07, 6.45) is 6.59. The van der Waals surface area contributed by atoms with Gasteiger partial charge in [-0.2, -0.15) is 0 Å². The van der Waals surface area contributed by atoms with Gasteiger partial charge in [-0.25, -0.2) is 0 Å². The maximum atomic E-state index is 12.7. The second-order valence-corrected chi connectivity index (χ2v) is 7.58. The number of hydrogen-bond donors (Lipinski definition) is 0. The van der Waals surface area contributed by atoms with Gasteiger partial charge in [-0.05, 0) is 63.5 Å². The van der Waals surface area contributed by atoms with Crippen molar-refractivity contribution in [1.82, 2.24) is 9.80 Å². The lowest BCUT2D eigenvalue weighted by Crippen LogP contribution is -2.67. The number of carbonyl (C=O) groups is 1. The highest BCUT2D eigenvalue weighted by Gasteiger charge is 2.52. The van der Waals surface area contributed by atoms with Crippen molar-refractivity contribution in [3.05, 3.63) is 10.1 Å². The first-order chi connectivity index (χ1) is 10.6. The average Bonchev–Trinajstić information content (AvgIpc) is 2.51. The van der Waals surface area contributed by atoms with Crippen molar-refractivity contribution < 1.29 is 9.72 Å². The summed E-state index contributed by atoms with van der Waals surface area (Å²) in [6.45, 7) is 3.10. The second kappa shape index (κ2) is 5.48. The molecule has 0 aromatic rings. The van der Waals surface area contributed by atoms with Crippen LogP contribution in [0.15, 0.2) is 0 Å². The third-order valence-electron chi connectivity index (χ3n) is 6.48. The van der Waals surface area contributed by atoms with E-state index in [1.807, 2.05) is 0 Å². The number of piperidine rings is 4. The van der Waals surface area contributed by atoms with Gasteiger partial charge in [-0.1, -0.05) is 0 Å². The first kappa shape index (κ1) is 14.4. The van der Waals surface area contributed by atoms with Gasteiger partial charge in [0.1, 0.15) is 5.92 Å². The van der Waals surface area contributed by atoms with Gasteiger partial charge in [-0.15, -0.1) is 0 Å². The smallest absolute Gasteiger partial charge is 0.232 e. The van der Waals surface area contributed by atoms with Gasteiger partial charge < -0.3 is 4.90 Å². The van der Waals surface area contributed by atoms with Crippen LogP contribution in [-0.4, -0.2) is 58.9 Å². The molecule has 4 fully saturated rings. The Hall–Kier alpha value is -1.17. The molecule has 4 saturated heterocycles. The van der Waals surface area contributed by atoms with Crippen LogP contribution in [-0.2, 0) is 4.79 Å². The largest absolute Gasteiger partial charge is 0.339 e. The number of nitrogens with zero attached hydrogens (tertiary/aromatic N) is 3. The number of rotatable bonds is 2. The number of fused-ring (bicyclic) bond motifs is 2. The Morgan fingerprint density at radius 2 is 1.91 bits per heavy atom. The van der Waals surface area contributed by atoms with Crippen LogP contribution >= 0.6 is 0 Å². The zero-order valence-corrected chi connectivity index (χ0v) is 13.0. The van der Waals surface area contributed by atoms with Crippen molar-refractivity contribution >= 4 is 5.91 Å². The Morgan fingerprint density at radius 3 is 2.68 bits per heavy atom. The van der Waals surface area contributed by atoms with Crippen molar-refractivity contribution in [2.45, 2.75) is 50.6 Å². The zero-order valence-electron chi connectivity index (χ0n) is 13.0. The Balaban J connectivity index is 1.57. The zero-order chi connectivity index (χ0) is 15.3. The molecule has 0 aromatic heterocycles. The van der Waals surface area contributed by atoms with E-state index in [1.165, 1.54) is 38.8 Å². The van der Waals surface area contributed by atoms with Crippen LogP contribution in [0.4, 0.5) is 0 Å². The first-order valence-electron chi connectivity index (χ1n) is 8.81. The SMILES string of the molecule is O=C1C(C[N+](=O)[O-])CCC2C3CCCN4CCCC(CN12)C34. The molecule has 0 radical (unpaired) electrons. The summed E-state index contributed by atoms with van der Waals surface area (Å²) in [4.78, 5) is 27.9. The maximum Gasteiger partial charge on any atom is 0.232 e. The lowest BCUT2D eigenvalue weighted by atomic mass is 9.67. The van der Waals surface area contributed by atoms with Crippen LogP contribution in [0.5, 0.6) is 0 Å². The van der Waals surface area contributed by atoms with Gasteiger partial charge in [0.15, 0.2) is 0 Å². The van der Waals surface area contributed by atoms with Crippen LogP contribution in [0.3, 0.4) is 0 Å². The van der Waals surface area contributed by atoms with Crippen molar-refractivity contribution in [3.63, 3.8) is 0 Å². The molecule has 0 saturated carbocycles. The molecule has 1 amide bonds. The van der Waals surface area contributed by atoms with E-state index < -0.39 is 0 Å². The van der Waals surface area contributed by atoms with Gasteiger partial charge in [0.2, 0.25) is 12.5 Å². The minimum Gasteiger partial charge on any atom is -0.339 e. The first-order valence-corrected chi connectivity index (χ1v) is 8.81. The van der Waals surface area contributed by atoms with Crippen molar-refractivity contribution in [2.75, 3.05) is 26.2 Å². The molecule has 0 spiro atoms. The van der Waals surface area contributed by atoms with Crippen molar-refractivity contribution in [1.29, 1.82) is 0 Å². The number of hydrogen-bond acceptors (Lipinski definition) is 4. The molecule has 0 N–H and O–H groups in total. The van der Waals surface area contributed by atoms with Gasteiger partial charge >= 0.3 is 0 Å². The van der Waals surface area contributed by atoms with Gasteiger partial charge in [0, 0.05) is 23.6 Å². The fraction of sp³-hybridized carbons (Fsp3) is 0.938. The van der Waals surface area contributed by atoms with Crippen molar-refractivity contribution in [2.24, 2.45) is 17.8 Å². The molecule has 122 valence electrons. The summed E-state index contributed by atoms with van der Waals surface area (Å²) in [6, 6.07) is 1.02. The van der Waals surface area contributed by atoms with E-state index in [0.29, 0.717) is 30.3 Å². The monoisotopic (exact) mass is 307 g/mol. The predicted octanol–water partition coefficient (Wildman–Crippen LogP) is 1.37. The Bertz CT molecular complexity index is 481. The lowest BCUT2D eigenvalue weighted by molar-refractivity contribution is -0.486. The summed E-state index contributed by atoms with van der Waals surface area (Å²) in [5.74, 6) is 0.877. The average molecular weight is 307 g/mol. The normalized spacial score (nSPS) is 41.7. The summed E-state index contributed by atoms with van der Waals surface area (Å²) >= 11 is 0. The molecule has 5 unspecified atom stereocenters. The van der Waals surface area contributed by atoms with E-state index in [9.17, 15) is 14.9 Å². The molecule has 0 aromatic carbocycles. The van der Waals surface area contributed by atoms with E-state index in [1.54, 1.807) is 0 Å². The summed E-state index contributed by atoms with van der Waals surface area (Å²) < 4.78 is 0. The third-order valence-corrected chi connectivity index (χ3v) is 6.48. The highest BCUT2D eigenvalue weighted by molar-refractivity contribution is 5.80. The fourth-order valence-electron chi connectivity index (χ4n) is 5.70. The molecule has 4 aliphatic heterocycles. The minimum atomic E-state index is -0.383. The second-order valence-electron chi connectivity index (χ2n) is 7.58. The molecule has 4 rings (SSSR count). The van der Waals surface area contributed by atoms with E-state index >= 15 is 0 Å². The molecule has 5 atom stereocenters. The summed E-state index contributed by atoms with van der Waals surface area (Å²) in [5, 5.41) is 10.8. The maximum absolute atomic E-state index is 12.7. The Kier molecular flexibility index (Phi) is 3.59. The standard InChI is InChI=1S/C16H25N3O3/c20-16-12(10-19(21)22)5-6-14-13-4-2-8-17-7-1-3-11(15(13)17)9-18(14)16/h11-15H,1-10H2. The van der Waals surface area contributed by atoms with Gasteiger partial charge in [-0.3, -0.25) is 19.8 Å². The fourth-order valence-corrected chi connectivity index (χ4v) is 5.70. The molecule has 4 aliphatic rings. The van der Waals surface area contributed by atoms with Crippen molar-refractivity contribution in [3.8, 4) is 0 Å². The van der Waals surface area contributed by atoms with E-state index in [4.69, 9.17) is 0 Å². The van der Waals surface area contributed by atoms with Crippen LogP contribution < -0.4 is 0 Å². The lowest BCUT2D eigenvalue weighted by Gasteiger charge is -2.59. The topological polar surface area (TPSA) is 66.7 Å². The predicted molar refractivity (Wildman–Crippen MR) is 80.9 cm³/mol. The van der Waals surface area contributed by atoms with E-state index in [0.717, 1.165) is 13.0 Å². The molecule has 0 aliphatic carbocycles. The number of amides is 1. The molecule has 4 heterocycles. The quantitative estimate of drug-likeness (QED) is 0.571. The van der Waals surface area contributed by atoms with Crippen LogP contribution in [0, 0.1) is 27.9 Å². The van der Waals surface area contributed by atoms with Crippen LogP contribution in [0.1, 0.15) is 38.5 Å². The highest BCUT2D eigenvalue weighted by atomic mass is 16.6. The van der Waals surface area contributed by atoms with E-state index in [2.05, 4.69) is 9.80 Å². The van der Waals surface area contributed by atoms with Gasteiger partial charge in [0.25, 0.3) is 0 Å². The molecule has 6 heteroatoms. The number of nitro groups is 1. The summed E-state index contributed by atoms with van der Waals surface area (Å²) in [5.41, 5.74) is 0. The Morgan fingerprint density at radius 1 is 1.14 bits per heavy atom. The van der Waals surface area contributed by atoms with Crippen LogP contribution in [0.2, 0.25) is 0 Å². The third kappa shape index (κ3) is 2.23. The molecule has 22 heavy (non-hydrogen) atoms. The highest BCUT2D eigenvalue weighted by Crippen LogP contribution is 2.45. The van der Waals surface area contributed by atoms with Crippen LogP contribution in [0.25, 0.3) is 0 Å². The minimum absolute atomic E-state index is 0.0640. The van der Waals surface area contributed by atoms with E-state index in [-0.39, 0.29) is 23.3 Å².